The van der Waals surface area contributed by atoms with Gasteiger partial charge in [0.05, 0.1) is 12.2 Å². The van der Waals surface area contributed by atoms with E-state index in [9.17, 15) is 5.11 Å². The summed E-state index contributed by atoms with van der Waals surface area (Å²) >= 11 is 0. The molecule has 2 saturated carbocycles. The molecule has 1 saturated heterocycles. The highest BCUT2D eigenvalue weighted by Gasteiger charge is 2.58. The van der Waals surface area contributed by atoms with Crippen molar-refractivity contribution in [3.8, 4) is 0 Å². The van der Waals surface area contributed by atoms with E-state index in [1.807, 2.05) is 0 Å². The molecule has 3 nitrogen and oxygen atoms in total. The number of hydrogen-bond acceptors (Lipinski definition) is 3. The molecule has 2 N–H and O–H groups in total. The van der Waals surface area contributed by atoms with Gasteiger partial charge in [0.1, 0.15) is 0 Å². The molecule has 3 heteroatoms. The van der Waals surface area contributed by atoms with Gasteiger partial charge in [0.25, 0.3) is 0 Å². The highest BCUT2D eigenvalue weighted by Crippen LogP contribution is 2.51. The summed E-state index contributed by atoms with van der Waals surface area (Å²) in [5.74, 6) is 0.702. The molecule has 18 heavy (non-hydrogen) atoms. The quantitative estimate of drug-likeness (QED) is 0.792. The Kier molecular flexibility index (Phi) is 3.41. The zero-order valence-corrected chi connectivity index (χ0v) is 11.7. The Morgan fingerprint density at radius 3 is 2.78 bits per heavy atom. The smallest absolute Gasteiger partial charge is 0.0684 e. The number of fused-ring (bicyclic) bond motifs is 1. The number of ether oxygens (including phenoxy) is 1. The van der Waals surface area contributed by atoms with Crippen molar-refractivity contribution in [1.29, 1.82) is 0 Å². The molecule has 1 aliphatic heterocycles. The Hall–Kier alpha value is -0.120. The Bertz CT molecular complexity index is 305. The summed E-state index contributed by atoms with van der Waals surface area (Å²) in [5, 5.41) is 13.6. The molecular weight excluding hydrogens is 226 g/mol. The van der Waals surface area contributed by atoms with Gasteiger partial charge in [0.15, 0.2) is 0 Å². The lowest BCUT2D eigenvalue weighted by molar-refractivity contribution is -0.195. The SMILES string of the molecule is CC1(C)C(NC2CCCC(O)C2)C2CCCOC21. The molecule has 2 aliphatic carbocycles. The molecule has 3 fully saturated rings. The van der Waals surface area contributed by atoms with Crippen LogP contribution in [-0.2, 0) is 4.74 Å². The second-order valence-electron chi connectivity index (χ2n) is 7.08. The summed E-state index contributed by atoms with van der Waals surface area (Å²) in [6.45, 7) is 5.60. The summed E-state index contributed by atoms with van der Waals surface area (Å²) < 4.78 is 5.94. The third-order valence-electron chi connectivity index (χ3n) is 5.39. The molecule has 0 radical (unpaired) electrons. The zero-order chi connectivity index (χ0) is 12.8. The number of aliphatic hydroxyl groups is 1. The number of nitrogens with one attached hydrogen (secondary N) is 1. The van der Waals surface area contributed by atoms with Crippen LogP contribution in [0.3, 0.4) is 0 Å². The van der Waals surface area contributed by atoms with Gasteiger partial charge in [-0.25, -0.2) is 0 Å². The molecule has 104 valence electrons. The molecule has 0 aromatic heterocycles. The van der Waals surface area contributed by atoms with Gasteiger partial charge >= 0.3 is 0 Å². The van der Waals surface area contributed by atoms with Gasteiger partial charge in [-0.2, -0.15) is 0 Å². The minimum absolute atomic E-state index is 0.0853. The fourth-order valence-corrected chi connectivity index (χ4v) is 4.43. The molecule has 0 amide bonds. The molecule has 0 aromatic rings. The van der Waals surface area contributed by atoms with Crippen molar-refractivity contribution in [2.24, 2.45) is 11.3 Å². The predicted molar refractivity (Wildman–Crippen MR) is 71.4 cm³/mol. The van der Waals surface area contributed by atoms with Crippen LogP contribution >= 0.6 is 0 Å². The van der Waals surface area contributed by atoms with E-state index in [-0.39, 0.29) is 11.5 Å². The van der Waals surface area contributed by atoms with Crippen LogP contribution in [0.2, 0.25) is 0 Å². The molecule has 0 bridgehead atoms. The van der Waals surface area contributed by atoms with Crippen LogP contribution in [-0.4, -0.2) is 36.0 Å². The van der Waals surface area contributed by atoms with Crippen molar-refractivity contribution in [3.05, 3.63) is 0 Å². The van der Waals surface area contributed by atoms with Crippen LogP contribution in [0.25, 0.3) is 0 Å². The Balaban J connectivity index is 1.61. The fraction of sp³-hybridized carbons (Fsp3) is 1.00. The maximum Gasteiger partial charge on any atom is 0.0684 e. The lowest BCUT2D eigenvalue weighted by atomic mass is 9.55. The van der Waals surface area contributed by atoms with E-state index in [1.54, 1.807) is 0 Å². The maximum absolute atomic E-state index is 9.78. The van der Waals surface area contributed by atoms with Crippen LogP contribution in [0.4, 0.5) is 0 Å². The monoisotopic (exact) mass is 253 g/mol. The average molecular weight is 253 g/mol. The number of rotatable bonds is 2. The molecule has 3 aliphatic rings. The van der Waals surface area contributed by atoms with Gasteiger partial charge in [-0.15, -0.1) is 0 Å². The minimum atomic E-state index is -0.0853. The summed E-state index contributed by atoms with van der Waals surface area (Å²) in [5.41, 5.74) is 0.257. The first-order valence-corrected chi connectivity index (χ1v) is 7.65. The largest absolute Gasteiger partial charge is 0.393 e. The van der Waals surface area contributed by atoms with Crippen molar-refractivity contribution in [2.75, 3.05) is 6.61 Å². The molecule has 1 heterocycles. The second kappa shape index (κ2) is 4.77. The Morgan fingerprint density at radius 1 is 1.17 bits per heavy atom. The molecule has 3 rings (SSSR count). The zero-order valence-electron chi connectivity index (χ0n) is 11.7. The Morgan fingerprint density at radius 2 is 2.00 bits per heavy atom. The first-order valence-electron chi connectivity index (χ1n) is 7.65. The van der Waals surface area contributed by atoms with Crippen LogP contribution < -0.4 is 5.32 Å². The minimum Gasteiger partial charge on any atom is -0.393 e. The van der Waals surface area contributed by atoms with Crippen LogP contribution in [0.15, 0.2) is 0 Å². The van der Waals surface area contributed by atoms with Crippen LogP contribution in [0, 0.1) is 11.3 Å². The molecule has 5 unspecified atom stereocenters. The van der Waals surface area contributed by atoms with Gasteiger partial charge in [-0.1, -0.05) is 13.8 Å². The summed E-state index contributed by atoms with van der Waals surface area (Å²) in [6, 6.07) is 1.10. The van der Waals surface area contributed by atoms with Crippen molar-refractivity contribution in [3.63, 3.8) is 0 Å². The van der Waals surface area contributed by atoms with Crippen molar-refractivity contribution >= 4 is 0 Å². The van der Waals surface area contributed by atoms with Crippen molar-refractivity contribution in [1.82, 2.24) is 5.32 Å². The summed E-state index contributed by atoms with van der Waals surface area (Å²) in [6.07, 6.45) is 7.20. The topological polar surface area (TPSA) is 41.5 Å². The highest BCUT2D eigenvalue weighted by molar-refractivity contribution is 5.11. The van der Waals surface area contributed by atoms with Crippen LogP contribution in [0.1, 0.15) is 52.4 Å². The van der Waals surface area contributed by atoms with E-state index in [0.717, 1.165) is 25.9 Å². The van der Waals surface area contributed by atoms with E-state index in [0.29, 0.717) is 24.1 Å². The second-order valence-corrected chi connectivity index (χ2v) is 7.08. The van der Waals surface area contributed by atoms with Gasteiger partial charge in [0, 0.05) is 30.0 Å². The molecule has 0 spiro atoms. The highest BCUT2D eigenvalue weighted by atomic mass is 16.5. The first-order chi connectivity index (χ1) is 8.59. The van der Waals surface area contributed by atoms with Crippen LogP contribution in [0.5, 0.6) is 0 Å². The molecular formula is C15H27NO2. The van der Waals surface area contributed by atoms with E-state index < -0.39 is 0 Å². The van der Waals surface area contributed by atoms with Gasteiger partial charge < -0.3 is 15.2 Å². The average Bonchev–Trinajstić information content (AvgIpc) is 2.36. The lowest BCUT2D eigenvalue weighted by Gasteiger charge is -2.61. The van der Waals surface area contributed by atoms with E-state index >= 15 is 0 Å². The van der Waals surface area contributed by atoms with Crippen molar-refractivity contribution in [2.45, 2.75) is 76.7 Å². The maximum atomic E-state index is 9.78. The number of aliphatic hydroxyl groups excluding tert-OH is 1. The van der Waals surface area contributed by atoms with Gasteiger partial charge in [0.2, 0.25) is 0 Å². The first kappa shape index (κ1) is 12.9. The normalized spacial score (nSPS) is 47.2. The fourth-order valence-electron chi connectivity index (χ4n) is 4.43. The summed E-state index contributed by atoms with van der Waals surface area (Å²) in [7, 11) is 0. The third kappa shape index (κ3) is 2.10. The van der Waals surface area contributed by atoms with Gasteiger partial charge in [-0.05, 0) is 38.5 Å². The standard InChI is InChI=1S/C15H27NO2/c1-15(2)13(12-7-4-8-18-14(12)15)16-10-5-3-6-11(17)9-10/h10-14,16-17H,3-9H2,1-2H3. The van der Waals surface area contributed by atoms with E-state index in [1.165, 1.54) is 19.3 Å². The summed E-state index contributed by atoms with van der Waals surface area (Å²) in [4.78, 5) is 0. The van der Waals surface area contributed by atoms with Crippen molar-refractivity contribution < 1.29 is 9.84 Å². The third-order valence-corrected chi connectivity index (χ3v) is 5.39. The lowest BCUT2D eigenvalue weighted by Crippen LogP contribution is -2.70. The predicted octanol–water partition coefficient (Wildman–Crippen LogP) is 2.08. The molecule has 0 aromatic carbocycles. The van der Waals surface area contributed by atoms with E-state index in [2.05, 4.69) is 19.2 Å². The Labute approximate surface area is 110 Å². The molecule has 5 atom stereocenters. The number of hydrogen-bond donors (Lipinski definition) is 2. The van der Waals surface area contributed by atoms with E-state index in [4.69, 9.17) is 4.74 Å². The van der Waals surface area contributed by atoms with Gasteiger partial charge in [-0.3, -0.25) is 0 Å².